The molecule has 2 aromatic carbocycles. The zero-order valence-corrected chi connectivity index (χ0v) is 23.1. The number of carbonyl (C=O) groups excluding carboxylic acids is 4. The van der Waals surface area contributed by atoms with Crippen LogP contribution in [0.5, 0.6) is 0 Å². The zero-order chi connectivity index (χ0) is 30.8. The number of carbonyl (C=O) groups is 5. The molecule has 0 saturated carbocycles. The highest BCUT2D eigenvalue weighted by Gasteiger charge is 2.32. The van der Waals surface area contributed by atoms with E-state index in [-0.39, 0.29) is 25.7 Å². The molecule has 0 saturated heterocycles. The molecule has 3 rings (SSSR count). The molecule has 0 aliphatic carbocycles. The molecule has 1 heterocycles. The van der Waals surface area contributed by atoms with Crippen LogP contribution in [0, 0.1) is 0 Å². The van der Waals surface area contributed by atoms with Gasteiger partial charge in [-0.05, 0) is 30.5 Å². The molecule has 10 N–H and O–H groups in total. The van der Waals surface area contributed by atoms with Gasteiger partial charge in [0.25, 0.3) is 0 Å². The first-order chi connectivity index (χ1) is 20.0. The van der Waals surface area contributed by atoms with Gasteiger partial charge in [0.2, 0.25) is 23.6 Å². The minimum Gasteiger partial charge on any atom is -0.480 e. The maximum Gasteiger partial charge on any atom is 0.326 e. The van der Waals surface area contributed by atoms with Crippen molar-refractivity contribution in [1.82, 2.24) is 20.9 Å². The van der Waals surface area contributed by atoms with Crippen molar-refractivity contribution < 1.29 is 34.2 Å². The number of aromatic amines is 1. The Labute approximate surface area is 242 Å². The Morgan fingerprint density at radius 1 is 0.833 bits per heavy atom. The number of nitrogens with two attached hydrogens (primary N) is 2. The number of hydrogen-bond donors (Lipinski definition) is 8. The van der Waals surface area contributed by atoms with Gasteiger partial charge in [-0.2, -0.15) is 0 Å². The molecule has 3 aromatic rings. The molecule has 4 amide bonds. The summed E-state index contributed by atoms with van der Waals surface area (Å²) in [5.41, 5.74) is 13.2. The second-order valence-corrected chi connectivity index (χ2v) is 10.0. The van der Waals surface area contributed by atoms with Crippen LogP contribution < -0.4 is 27.4 Å². The molecule has 224 valence electrons. The third-order valence-electron chi connectivity index (χ3n) is 6.76. The van der Waals surface area contributed by atoms with Crippen LogP contribution in [0.3, 0.4) is 0 Å². The van der Waals surface area contributed by atoms with Crippen LogP contribution in [0.1, 0.15) is 30.9 Å². The zero-order valence-electron chi connectivity index (χ0n) is 23.1. The van der Waals surface area contributed by atoms with E-state index in [4.69, 9.17) is 11.5 Å². The molecular formula is C29H36N6O7. The summed E-state index contributed by atoms with van der Waals surface area (Å²) in [7, 11) is 0. The van der Waals surface area contributed by atoms with E-state index < -0.39 is 59.9 Å². The number of rotatable bonds is 15. The fourth-order valence-corrected chi connectivity index (χ4v) is 4.37. The fraction of sp³-hybridized carbons (Fsp3) is 0.345. The quantitative estimate of drug-likeness (QED) is 0.116. The van der Waals surface area contributed by atoms with E-state index in [9.17, 15) is 34.2 Å². The molecule has 13 nitrogen and oxygen atoms in total. The van der Waals surface area contributed by atoms with E-state index >= 15 is 0 Å². The highest BCUT2D eigenvalue weighted by Crippen LogP contribution is 2.19. The first kappa shape index (κ1) is 31.8. The average Bonchev–Trinajstić information content (AvgIpc) is 3.36. The summed E-state index contributed by atoms with van der Waals surface area (Å²) in [4.78, 5) is 66.1. The van der Waals surface area contributed by atoms with Crippen LogP contribution in [0.25, 0.3) is 10.9 Å². The summed E-state index contributed by atoms with van der Waals surface area (Å²) in [5, 5.41) is 27.8. The summed E-state index contributed by atoms with van der Waals surface area (Å²) in [5.74, 6) is -4.44. The predicted octanol–water partition coefficient (Wildman–Crippen LogP) is -0.534. The number of aliphatic hydroxyl groups is 1. The van der Waals surface area contributed by atoms with Gasteiger partial charge in [0.05, 0.1) is 6.10 Å². The second-order valence-electron chi connectivity index (χ2n) is 10.0. The maximum atomic E-state index is 13.6. The van der Waals surface area contributed by atoms with E-state index in [0.717, 1.165) is 10.9 Å². The van der Waals surface area contributed by atoms with Gasteiger partial charge < -0.3 is 42.6 Å². The molecule has 0 aliphatic heterocycles. The highest BCUT2D eigenvalue weighted by molar-refractivity contribution is 5.95. The Morgan fingerprint density at radius 2 is 1.43 bits per heavy atom. The lowest BCUT2D eigenvalue weighted by Crippen LogP contribution is -2.58. The molecule has 0 fully saturated rings. The topological polar surface area (TPSA) is 230 Å². The van der Waals surface area contributed by atoms with Gasteiger partial charge in [0.1, 0.15) is 24.2 Å². The van der Waals surface area contributed by atoms with E-state index in [1.54, 1.807) is 36.5 Å². The van der Waals surface area contributed by atoms with Gasteiger partial charge >= 0.3 is 5.97 Å². The number of aromatic nitrogens is 1. The molecule has 5 unspecified atom stereocenters. The van der Waals surface area contributed by atoms with Crippen molar-refractivity contribution in [3.05, 3.63) is 71.9 Å². The molecule has 1 aromatic heterocycles. The van der Waals surface area contributed by atoms with Gasteiger partial charge in [0.15, 0.2) is 0 Å². The third-order valence-corrected chi connectivity index (χ3v) is 6.76. The van der Waals surface area contributed by atoms with Crippen LogP contribution in [-0.2, 0) is 36.8 Å². The van der Waals surface area contributed by atoms with Crippen molar-refractivity contribution >= 4 is 40.5 Å². The van der Waals surface area contributed by atoms with Gasteiger partial charge in [-0.1, -0.05) is 48.5 Å². The molecule has 13 heteroatoms. The van der Waals surface area contributed by atoms with Crippen molar-refractivity contribution in [3.8, 4) is 0 Å². The minimum absolute atomic E-state index is 0.00989. The van der Waals surface area contributed by atoms with E-state index in [0.29, 0.717) is 11.1 Å². The van der Waals surface area contributed by atoms with Crippen molar-refractivity contribution in [2.45, 2.75) is 62.9 Å². The number of H-pyrrole nitrogens is 1. The van der Waals surface area contributed by atoms with Crippen molar-refractivity contribution in [1.29, 1.82) is 0 Å². The Kier molecular flexibility index (Phi) is 11.2. The Hall–Kier alpha value is -4.75. The molecule has 0 aliphatic rings. The molecule has 42 heavy (non-hydrogen) atoms. The van der Waals surface area contributed by atoms with Crippen LogP contribution in [0.2, 0.25) is 0 Å². The number of aliphatic hydroxyl groups excluding tert-OH is 1. The van der Waals surface area contributed by atoms with Gasteiger partial charge in [0, 0.05) is 36.4 Å². The molecule has 0 radical (unpaired) electrons. The summed E-state index contributed by atoms with van der Waals surface area (Å²) < 4.78 is 0. The monoisotopic (exact) mass is 580 g/mol. The first-order valence-corrected chi connectivity index (χ1v) is 13.4. The van der Waals surface area contributed by atoms with Crippen molar-refractivity contribution in [3.63, 3.8) is 0 Å². The van der Waals surface area contributed by atoms with Crippen LogP contribution in [0.4, 0.5) is 0 Å². The number of carboxylic acids is 1. The number of hydrogen-bond acceptors (Lipinski definition) is 7. The van der Waals surface area contributed by atoms with Crippen molar-refractivity contribution in [2.75, 3.05) is 0 Å². The van der Waals surface area contributed by atoms with E-state index in [2.05, 4.69) is 20.9 Å². The highest BCUT2D eigenvalue weighted by atomic mass is 16.4. The fourth-order valence-electron chi connectivity index (χ4n) is 4.37. The van der Waals surface area contributed by atoms with Crippen LogP contribution in [-0.4, -0.2) is 75.1 Å². The molecule has 0 bridgehead atoms. The lowest BCUT2D eigenvalue weighted by Gasteiger charge is -2.25. The molecule has 5 atom stereocenters. The SMILES string of the molecule is CC(O)C(N)C(=O)NC(Cc1c[nH]c2ccccc12)C(=O)NC(CCC(N)=O)C(=O)NC(Cc1ccccc1)C(=O)O. The number of fused-ring (bicyclic) bond motifs is 1. The standard InChI is InChI=1S/C29H36N6O7/c1-16(36)25(31)28(40)34-22(14-18-15-32-20-10-6-5-9-19(18)20)27(39)33-21(11-12-24(30)37)26(38)35-23(29(41)42)13-17-7-3-2-4-8-17/h2-10,15-16,21-23,25,32,36H,11-14,31H2,1H3,(H2,30,37)(H,33,39)(H,34,40)(H,35,38)(H,41,42). The number of carboxylic acid groups (broad SMARTS) is 1. The number of para-hydroxylation sites is 1. The predicted molar refractivity (Wildman–Crippen MR) is 154 cm³/mol. The smallest absolute Gasteiger partial charge is 0.326 e. The summed E-state index contributed by atoms with van der Waals surface area (Å²) in [6.45, 7) is 1.33. The number of aliphatic carboxylic acids is 1. The molecule has 0 spiro atoms. The lowest BCUT2D eigenvalue weighted by atomic mass is 10.0. The number of amides is 4. The van der Waals surface area contributed by atoms with Gasteiger partial charge in [-0.15, -0.1) is 0 Å². The first-order valence-electron chi connectivity index (χ1n) is 13.4. The van der Waals surface area contributed by atoms with Gasteiger partial charge in [-0.25, -0.2) is 4.79 Å². The average molecular weight is 581 g/mol. The van der Waals surface area contributed by atoms with Crippen LogP contribution in [0.15, 0.2) is 60.8 Å². The Balaban J connectivity index is 1.84. The van der Waals surface area contributed by atoms with Crippen LogP contribution >= 0.6 is 0 Å². The number of nitrogens with one attached hydrogen (secondary N) is 4. The third kappa shape index (κ3) is 8.88. The van der Waals surface area contributed by atoms with E-state index in [1.165, 1.54) is 6.92 Å². The normalized spacial score (nSPS) is 14.6. The minimum atomic E-state index is -1.35. The summed E-state index contributed by atoms with van der Waals surface area (Å²) >= 11 is 0. The largest absolute Gasteiger partial charge is 0.480 e. The summed E-state index contributed by atoms with van der Waals surface area (Å²) in [6, 6.07) is 10.7. The van der Waals surface area contributed by atoms with E-state index in [1.807, 2.05) is 24.3 Å². The Bertz CT molecular complexity index is 1410. The number of benzene rings is 2. The maximum absolute atomic E-state index is 13.6. The Morgan fingerprint density at radius 3 is 2.07 bits per heavy atom. The lowest BCUT2D eigenvalue weighted by molar-refractivity contribution is -0.142. The number of primary amides is 1. The second kappa shape index (κ2) is 14.8. The van der Waals surface area contributed by atoms with Crippen molar-refractivity contribution in [2.24, 2.45) is 11.5 Å². The molecular weight excluding hydrogens is 544 g/mol. The summed E-state index contributed by atoms with van der Waals surface area (Å²) in [6.07, 6.45) is -0.0382. The van der Waals surface area contributed by atoms with Gasteiger partial charge in [-0.3, -0.25) is 19.2 Å².